The molecule has 0 aliphatic rings. The quantitative estimate of drug-likeness (QED) is 0.724. The van der Waals surface area contributed by atoms with Crippen LogP contribution in [0.5, 0.6) is 0 Å². The molecule has 0 N–H and O–H groups in total. The van der Waals surface area contributed by atoms with E-state index < -0.39 is 6.09 Å². The van der Waals surface area contributed by atoms with E-state index in [2.05, 4.69) is 15.1 Å². The molecule has 2 heterocycles. The van der Waals surface area contributed by atoms with Crippen molar-refractivity contribution in [2.45, 2.75) is 13.5 Å². The van der Waals surface area contributed by atoms with E-state index in [1.54, 1.807) is 6.92 Å². The van der Waals surface area contributed by atoms with Gasteiger partial charge in [-0.05, 0) is 0 Å². The summed E-state index contributed by atoms with van der Waals surface area (Å²) in [4.78, 5) is 18.9. The lowest BCUT2D eigenvalue weighted by atomic mass is 10.6. The Morgan fingerprint density at radius 3 is 3.13 bits per heavy atom. The lowest BCUT2D eigenvalue weighted by molar-refractivity contribution is 0.137. The molecule has 0 aromatic carbocycles. The van der Waals surface area contributed by atoms with Gasteiger partial charge in [0.25, 0.3) is 0 Å². The molecule has 0 aliphatic heterocycles. The molecule has 7 heteroatoms. The van der Waals surface area contributed by atoms with Crippen molar-refractivity contribution in [3.63, 3.8) is 0 Å². The second kappa shape index (κ2) is 3.91. The Morgan fingerprint density at radius 2 is 2.53 bits per heavy atom. The van der Waals surface area contributed by atoms with E-state index in [4.69, 9.17) is 9.26 Å². The van der Waals surface area contributed by atoms with Gasteiger partial charge in [0, 0.05) is 19.3 Å². The first-order chi connectivity index (χ1) is 7.25. The first kappa shape index (κ1) is 9.38. The predicted molar refractivity (Wildman–Crippen MR) is 46.8 cm³/mol. The SMILES string of the molecule is Cc1nc(COC(=O)n2ccnc2)no1. The molecule has 0 amide bonds. The number of carbonyl (C=O) groups excluding carboxylic acids is 1. The summed E-state index contributed by atoms with van der Waals surface area (Å²) in [5.41, 5.74) is 0. The fourth-order valence-corrected chi connectivity index (χ4v) is 0.968. The normalized spacial score (nSPS) is 10.2. The van der Waals surface area contributed by atoms with Gasteiger partial charge in [-0.2, -0.15) is 4.98 Å². The number of ether oxygens (including phenoxy) is 1. The minimum absolute atomic E-state index is 0.0195. The molecular formula is C8H8N4O3. The molecule has 0 unspecified atom stereocenters. The van der Waals surface area contributed by atoms with Gasteiger partial charge in [0.15, 0.2) is 6.61 Å². The van der Waals surface area contributed by atoms with E-state index in [0.717, 1.165) is 0 Å². The van der Waals surface area contributed by atoms with Crippen molar-refractivity contribution in [3.8, 4) is 0 Å². The van der Waals surface area contributed by atoms with Crippen molar-refractivity contribution in [2.24, 2.45) is 0 Å². The zero-order chi connectivity index (χ0) is 10.7. The van der Waals surface area contributed by atoms with Crippen molar-refractivity contribution in [3.05, 3.63) is 30.4 Å². The lowest BCUT2D eigenvalue weighted by Gasteiger charge is -2.00. The number of nitrogens with zero attached hydrogens (tertiary/aromatic N) is 4. The third kappa shape index (κ3) is 2.19. The minimum atomic E-state index is -0.532. The Kier molecular flexibility index (Phi) is 2.44. The van der Waals surface area contributed by atoms with E-state index in [-0.39, 0.29) is 6.61 Å². The van der Waals surface area contributed by atoms with E-state index in [9.17, 15) is 4.79 Å². The van der Waals surface area contributed by atoms with Crippen LogP contribution in [-0.2, 0) is 11.3 Å². The Hall–Kier alpha value is -2.18. The van der Waals surface area contributed by atoms with E-state index in [1.165, 1.54) is 23.3 Å². The van der Waals surface area contributed by atoms with Gasteiger partial charge in [-0.25, -0.2) is 14.3 Å². The van der Waals surface area contributed by atoms with Crippen LogP contribution in [0.3, 0.4) is 0 Å². The van der Waals surface area contributed by atoms with Crippen molar-refractivity contribution in [1.82, 2.24) is 19.7 Å². The summed E-state index contributed by atoms with van der Waals surface area (Å²) < 4.78 is 10.8. The number of hydrogen-bond donors (Lipinski definition) is 0. The lowest BCUT2D eigenvalue weighted by Crippen LogP contribution is -2.12. The summed E-state index contributed by atoms with van der Waals surface area (Å²) in [5, 5.41) is 3.58. The Labute approximate surface area is 84.7 Å². The monoisotopic (exact) mass is 208 g/mol. The van der Waals surface area contributed by atoms with Gasteiger partial charge in [-0.1, -0.05) is 5.16 Å². The van der Waals surface area contributed by atoms with Gasteiger partial charge in [-0.15, -0.1) is 0 Å². The average molecular weight is 208 g/mol. The molecule has 0 radical (unpaired) electrons. The smallest absolute Gasteiger partial charge is 0.419 e. The van der Waals surface area contributed by atoms with E-state index >= 15 is 0 Å². The number of imidazole rings is 1. The van der Waals surface area contributed by atoms with Gasteiger partial charge < -0.3 is 9.26 Å². The van der Waals surface area contributed by atoms with Gasteiger partial charge in [0.2, 0.25) is 11.7 Å². The fourth-order valence-electron chi connectivity index (χ4n) is 0.968. The van der Waals surface area contributed by atoms with Crippen LogP contribution in [0.15, 0.2) is 23.2 Å². The topological polar surface area (TPSA) is 83.0 Å². The molecule has 0 bridgehead atoms. The second-order valence-electron chi connectivity index (χ2n) is 2.75. The molecular weight excluding hydrogens is 200 g/mol. The Balaban J connectivity index is 1.91. The van der Waals surface area contributed by atoms with E-state index in [1.807, 2.05) is 0 Å². The van der Waals surface area contributed by atoms with Gasteiger partial charge >= 0.3 is 6.09 Å². The third-order valence-corrected chi connectivity index (χ3v) is 1.61. The maximum absolute atomic E-state index is 11.3. The van der Waals surface area contributed by atoms with Crippen LogP contribution in [-0.4, -0.2) is 25.8 Å². The zero-order valence-corrected chi connectivity index (χ0v) is 7.95. The van der Waals surface area contributed by atoms with Crippen molar-refractivity contribution in [1.29, 1.82) is 0 Å². The van der Waals surface area contributed by atoms with Gasteiger partial charge in [0.05, 0.1) is 0 Å². The van der Waals surface area contributed by atoms with Crippen LogP contribution in [0.4, 0.5) is 4.79 Å². The highest BCUT2D eigenvalue weighted by Gasteiger charge is 2.08. The molecule has 0 saturated carbocycles. The Bertz CT molecular complexity index is 448. The number of rotatable bonds is 2. The average Bonchev–Trinajstić information content (AvgIpc) is 2.84. The first-order valence-corrected chi connectivity index (χ1v) is 4.20. The van der Waals surface area contributed by atoms with Crippen molar-refractivity contribution < 1.29 is 14.1 Å². The summed E-state index contributed by atoms with van der Waals surface area (Å²) in [6, 6.07) is 0. The Morgan fingerprint density at radius 1 is 1.67 bits per heavy atom. The van der Waals surface area contributed by atoms with Crippen LogP contribution >= 0.6 is 0 Å². The van der Waals surface area contributed by atoms with E-state index in [0.29, 0.717) is 11.7 Å². The number of aryl methyl sites for hydroxylation is 1. The number of hydrogen-bond acceptors (Lipinski definition) is 6. The molecule has 2 rings (SSSR count). The fraction of sp³-hybridized carbons (Fsp3) is 0.250. The maximum Gasteiger partial charge on any atom is 0.419 e. The second-order valence-corrected chi connectivity index (χ2v) is 2.75. The van der Waals surface area contributed by atoms with Crippen LogP contribution in [0, 0.1) is 6.92 Å². The molecule has 2 aromatic rings. The molecule has 7 nitrogen and oxygen atoms in total. The highest BCUT2D eigenvalue weighted by atomic mass is 16.6. The molecule has 0 spiro atoms. The summed E-state index contributed by atoms with van der Waals surface area (Å²) in [7, 11) is 0. The molecule has 0 atom stereocenters. The number of aromatic nitrogens is 4. The molecule has 0 aliphatic carbocycles. The summed E-state index contributed by atoms with van der Waals surface area (Å²) in [6.45, 7) is 1.64. The minimum Gasteiger partial charge on any atom is -0.441 e. The molecule has 15 heavy (non-hydrogen) atoms. The van der Waals surface area contributed by atoms with Crippen LogP contribution < -0.4 is 0 Å². The van der Waals surface area contributed by atoms with Gasteiger partial charge in [-0.3, -0.25) is 0 Å². The zero-order valence-electron chi connectivity index (χ0n) is 7.95. The summed E-state index contributed by atoms with van der Waals surface area (Å²) >= 11 is 0. The highest BCUT2D eigenvalue weighted by Crippen LogP contribution is 1.98. The van der Waals surface area contributed by atoms with Crippen LogP contribution in [0.2, 0.25) is 0 Å². The highest BCUT2D eigenvalue weighted by molar-refractivity contribution is 5.69. The van der Waals surface area contributed by atoms with Crippen molar-refractivity contribution in [2.75, 3.05) is 0 Å². The molecule has 0 saturated heterocycles. The number of carbonyl (C=O) groups is 1. The summed E-state index contributed by atoms with van der Waals surface area (Å²) in [6.07, 6.45) is 3.79. The van der Waals surface area contributed by atoms with Crippen LogP contribution in [0.25, 0.3) is 0 Å². The third-order valence-electron chi connectivity index (χ3n) is 1.61. The predicted octanol–water partition coefficient (Wildman–Crippen LogP) is 0.759. The molecule has 2 aromatic heterocycles. The maximum atomic E-state index is 11.3. The van der Waals surface area contributed by atoms with Gasteiger partial charge in [0.1, 0.15) is 6.33 Å². The van der Waals surface area contributed by atoms with Crippen molar-refractivity contribution >= 4 is 6.09 Å². The van der Waals surface area contributed by atoms with Crippen LogP contribution in [0.1, 0.15) is 11.7 Å². The standard InChI is InChI=1S/C8H8N4O3/c1-6-10-7(11-15-6)4-14-8(13)12-3-2-9-5-12/h2-3,5H,4H2,1H3. The molecule has 0 fully saturated rings. The largest absolute Gasteiger partial charge is 0.441 e. The molecule has 78 valence electrons. The summed E-state index contributed by atoms with van der Waals surface area (Å²) in [5.74, 6) is 0.768. The first-order valence-electron chi connectivity index (χ1n) is 4.20.